The van der Waals surface area contributed by atoms with Crippen LogP contribution in [0.4, 0.5) is 11.5 Å². The molecule has 0 aliphatic heterocycles. The molecular weight excluding hydrogens is 314 g/mol. The van der Waals surface area contributed by atoms with Crippen LogP contribution < -0.4 is 10.6 Å². The second-order valence-corrected chi connectivity index (χ2v) is 7.88. The van der Waals surface area contributed by atoms with Crippen LogP contribution in [0.15, 0.2) is 42.6 Å². The number of benzene rings is 1. The molecule has 1 amide bonds. The molecule has 0 unspecified atom stereocenters. The van der Waals surface area contributed by atoms with Crippen molar-refractivity contribution >= 4 is 17.4 Å². The standard InChI is InChI=1S/C20H27N3O2/c1-19(2,3)15-8-6-14(7-9-15)18(25)22-16-10-11-17(21-12-16)23-20(4,5)13-24/h6-12,24H,13H2,1-5H3,(H,21,23)(H,22,25). The molecular formula is C20H27N3O2. The molecule has 5 nitrogen and oxygen atoms in total. The van der Waals surface area contributed by atoms with Crippen molar-refractivity contribution in [3.8, 4) is 0 Å². The fraction of sp³-hybridized carbons (Fsp3) is 0.400. The van der Waals surface area contributed by atoms with E-state index in [4.69, 9.17) is 0 Å². The van der Waals surface area contributed by atoms with Crippen LogP contribution >= 0.6 is 0 Å². The first-order valence-electron chi connectivity index (χ1n) is 8.38. The third-order valence-corrected chi connectivity index (χ3v) is 3.90. The van der Waals surface area contributed by atoms with E-state index < -0.39 is 5.54 Å². The molecule has 2 rings (SSSR count). The second kappa shape index (κ2) is 7.23. The summed E-state index contributed by atoms with van der Waals surface area (Å²) in [5.41, 5.74) is 2.03. The van der Waals surface area contributed by atoms with Gasteiger partial charge in [-0.05, 0) is 49.1 Å². The highest BCUT2D eigenvalue weighted by Gasteiger charge is 2.16. The monoisotopic (exact) mass is 341 g/mol. The number of nitrogens with zero attached hydrogens (tertiary/aromatic N) is 1. The largest absolute Gasteiger partial charge is 0.394 e. The smallest absolute Gasteiger partial charge is 0.255 e. The molecule has 0 saturated heterocycles. The van der Waals surface area contributed by atoms with Gasteiger partial charge in [-0.2, -0.15) is 0 Å². The van der Waals surface area contributed by atoms with E-state index in [1.165, 1.54) is 5.56 Å². The first-order chi connectivity index (χ1) is 11.6. The number of hydrogen-bond acceptors (Lipinski definition) is 4. The Balaban J connectivity index is 2.03. The molecule has 0 atom stereocenters. The van der Waals surface area contributed by atoms with Gasteiger partial charge in [0.15, 0.2) is 0 Å². The number of rotatable bonds is 5. The van der Waals surface area contributed by atoms with E-state index in [0.717, 1.165) is 0 Å². The molecule has 0 fully saturated rings. The van der Waals surface area contributed by atoms with Crippen LogP contribution in [0.1, 0.15) is 50.5 Å². The van der Waals surface area contributed by atoms with Crippen molar-refractivity contribution in [2.24, 2.45) is 0 Å². The minimum atomic E-state index is -0.452. The Bertz CT molecular complexity index is 714. The maximum Gasteiger partial charge on any atom is 0.255 e. The summed E-state index contributed by atoms with van der Waals surface area (Å²) < 4.78 is 0. The zero-order valence-electron chi connectivity index (χ0n) is 15.6. The van der Waals surface area contributed by atoms with Gasteiger partial charge in [-0.1, -0.05) is 32.9 Å². The lowest BCUT2D eigenvalue weighted by molar-refractivity contribution is 0.102. The van der Waals surface area contributed by atoms with Crippen LogP contribution in [0.25, 0.3) is 0 Å². The van der Waals surface area contributed by atoms with Gasteiger partial charge in [0.2, 0.25) is 0 Å². The Morgan fingerprint density at radius 3 is 2.16 bits per heavy atom. The van der Waals surface area contributed by atoms with Crippen molar-refractivity contribution in [1.82, 2.24) is 4.98 Å². The normalized spacial score (nSPS) is 11.9. The third-order valence-electron chi connectivity index (χ3n) is 3.90. The van der Waals surface area contributed by atoms with Gasteiger partial charge < -0.3 is 15.7 Å². The van der Waals surface area contributed by atoms with Crippen molar-refractivity contribution in [3.63, 3.8) is 0 Å². The molecule has 25 heavy (non-hydrogen) atoms. The number of aliphatic hydroxyl groups excluding tert-OH is 1. The minimum Gasteiger partial charge on any atom is -0.394 e. The molecule has 0 saturated carbocycles. The fourth-order valence-electron chi connectivity index (χ4n) is 2.25. The first-order valence-corrected chi connectivity index (χ1v) is 8.38. The van der Waals surface area contributed by atoms with Gasteiger partial charge in [0.1, 0.15) is 5.82 Å². The van der Waals surface area contributed by atoms with Gasteiger partial charge in [0.25, 0.3) is 5.91 Å². The highest BCUT2D eigenvalue weighted by Crippen LogP contribution is 2.22. The van der Waals surface area contributed by atoms with E-state index in [9.17, 15) is 9.90 Å². The Labute approximate surface area is 149 Å². The maximum atomic E-state index is 12.3. The van der Waals surface area contributed by atoms with Crippen molar-refractivity contribution < 1.29 is 9.90 Å². The van der Waals surface area contributed by atoms with Gasteiger partial charge in [-0.3, -0.25) is 4.79 Å². The topological polar surface area (TPSA) is 74.2 Å². The zero-order chi connectivity index (χ0) is 18.7. The molecule has 1 aromatic heterocycles. The lowest BCUT2D eigenvalue weighted by Crippen LogP contribution is -2.35. The lowest BCUT2D eigenvalue weighted by Gasteiger charge is -2.24. The van der Waals surface area contributed by atoms with Crippen LogP contribution in [-0.4, -0.2) is 28.1 Å². The predicted molar refractivity (Wildman–Crippen MR) is 102 cm³/mol. The molecule has 134 valence electrons. The van der Waals surface area contributed by atoms with E-state index in [0.29, 0.717) is 17.1 Å². The number of aliphatic hydroxyl groups is 1. The SMILES string of the molecule is CC(C)(CO)Nc1ccc(NC(=O)c2ccc(C(C)(C)C)cc2)cn1. The summed E-state index contributed by atoms with van der Waals surface area (Å²) >= 11 is 0. The van der Waals surface area contributed by atoms with Gasteiger partial charge in [-0.25, -0.2) is 4.98 Å². The number of nitrogens with one attached hydrogen (secondary N) is 2. The summed E-state index contributed by atoms with van der Waals surface area (Å²) in [5.74, 6) is 0.477. The van der Waals surface area contributed by atoms with Crippen molar-refractivity contribution in [2.75, 3.05) is 17.2 Å². The fourth-order valence-corrected chi connectivity index (χ4v) is 2.25. The third kappa shape index (κ3) is 5.29. The van der Waals surface area contributed by atoms with Crippen molar-refractivity contribution in [2.45, 2.75) is 45.6 Å². The van der Waals surface area contributed by atoms with E-state index in [1.54, 1.807) is 18.3 Å². The number of pyridine rings is 1. The van der Waals surface area contributed by atoms with Gasteiger partial charge in [-0.15, -0.1) is 0 Å². The summed E-state index contributed by atoms with van der Waals surface area (Å²) in [7, 11) is 0. The number of aromatic nitrogens is 1. The molecule has 0 bridgehead atoms. The molecule has 0 spiro atoms. The number of anilines is 2. The highest BCUT2D eigenvalue weighted by molar-refractivity contribution is 6.04. The van der Waals surface area contributed by atoms with Crippen LogP contribution in [0, 0.1) is 0 Å². The summed E-state index contributed by atoms with van der Waals surface area (Å²) in [5, 5.41) is 15.2. The predicted octanol–water partition coefficient (Wildman–Crippen LogP) is 3.81. The van der Waals surface area contributed by atoms with E-state index >= 15 is 0 Å². The number of hydrogen-bond donors (Lipinski definition) is 3. The molecule has 3 N–H and O–H groups in total. The molecule has 1 heterocycles. The molecule has 0 aliphatic carbocycles. The van der Waals surface area contributed by atoms with Crippen LogP contribution in [-0.2, 0) is 5.41 Å². The van der Waals surface area contributed by atoms with Crippen LogP contribution in [0.2, 0.25) is 0 Å². The van der Waals surface area contributed by atoms with Crippen LogP contribution in [0.5, 0.6) is 0 Å². The Hall–Kier alpha value is -2.40. The summed E-state index contributed by atoms with van der Waals surface area (Å²) in [6.07, 6.45) is 1.59. The molecule has 5 heteroatoms. The minimum absolute atomic E-state index is 0.00225. The Kier molecular flexibility index (Phi) is 5.48. The number of carbonyl (C=O) groups is 1. The number of carbonyl (C=O) groups excluding carboxylic acids is 1. The molecule has 0 aliphatic rings. The van der Waals surface area contributed by atoms with Gasteiger partial charge in [0.05, 0.1) is 24.0 Å². The second-order valence-electron chi connectivity index (χ2n) is 7.88. The first kappa shape index (κ1) is 18.9. The van der Waals surface area contributed by atoms with E-state index in [-0.39, 0.29) is 17.9 Å². The average Bonchev–Trinajstić information content (AvgIpc) is 2.56. The Morgan fingerprint density at radius 1 is 1.04 bits per heavy atom. The van der Waals surface area contributed by atoms with Crippen molar-refractivity contribution in [3.05, 3.63) is 53.7 Å². The molecule has 0 radical (unpaired) electrons. The summed E-state index contributed by atoms with van der Waals surface area (Å²) in [6.45, 7) is 10.2. The average molecular weight is 341 g/mol. The lowest BCUT2D eigenvalue weighted by atomic mass is 9.87. The van der Waals surface area contributed by atoms with E-state index in [1.807, 2.05) is 38.1 Å². The van der Waals surface area contributed by atoms with Gasteiger partial charge in [0, 0.05) is 5.56 Å². The molecule has 2 aromatic rings. The maximum absolute atomic E-state index is 12.3. The quantitative estimate of drug-likeness (QED) is 0.773. The zero-order valence-corrected chi connectivity index (χ0v) is 15.6. The van der Waals surface area contributed by atoms with Gasteiger partial charge >= 0.3 is 0 Å². The van der Waals surface area contributed by atoms with E-state index in [2.05, 4.69) is 36.4 Å². The number of amides is 1. The Morgan fingerprint density at radius 2 is 1.68 bits per heavy atom. The highest BCUT2D eigenvalue weighted by atomic mass is 16.3. The molecule has 1 aromatic carbocycles. The summed E-state index contributed by atoms with van der Waals surface area (Å²) in [6, 6.07) is 11.2. The van der Waals surface area contributed by atoms with Crippen molar-refractivity contribution in [1.29, 1.82) is 0 Å². The van der Waals surface area contributed by atoms with Crippen LogP contribution in [0.3, 0.4) is 0 Å². The summed E-state index contributed by atoms with van der Waals surface area (Å²) in [4.78, 5) is 16.6.